The highest BCUT2D eigenvalue weighted by molar-refractivity contribution is 7.89. The Morgan fingerprint density at radius 2 is 1.67 bits per heavy atom. The van der Waals surface area contributed by atoms with Crippen molar-refractivity contribution in [2.75, 3.05) is 43.9 Å². The number of nitrogens with zero attached hydrogens (tertiary/aromatic N) is 2. The van der Waals surface area contributed by atoms with Gasteiger partial charge in [-0.15, -0.1) is 0 Å². The topological polar surface area (TPSA) is 49.9 Å². The minimum atomic E-state index is -3.40. The number of rotatable bonds is 6. The molecular weight excluding hydrogens is 374 g/mol. The van der Waals surface area contributed by atoms with Gasteiger partial charge in [-0.3, -0.25) is 0 Å². The summed E-state index contributed by atoms with van der Waals surface area (Å²) < 4.78 is 59.4. The summed E-state index contributed by atoms with van der Waals surface area (Å²) in [6, 6.07) is 11.5. The molecule has 0 aliphatic carbocycles. The van der Waals surface area contributed by atoms with Crippen LogP contribution < -0.4 is 9.64 Å². The lowest BCUT2D eigenvalue weighted by Crippen LogP contribution is -2.49. The highest BCUT2D eigenvalue weighted by atomic mass is 32.2. The fourth-order valence-electron chi connectivity index (χ4n) is 3.14. The molecule has 0 spiro atoms. The van der Waals surface area contributed by atoms with Crippen molar-refractivity contribution in [3.63, 3.8) is 0 Å². The molecule has 0 bridgehead atoms. The molecule has 1 fully saturated rings. The lowest BCUT2D eigenvalue weighted by atomic mass is 10.2. The molecule has 1 aliphatic heterocycles. The molecule has 0 saturated carbocycles. The van der Waals surface area contributed by atoms with Crippen LogP contribution in [-0.4, -0.2) is 51.8 Å². The van der Waals surface area contributed by atoms with Crippen molar-refractivity contribution in [2.45, 2.75) is 6.42 Å². The molecule has 5 nitrogen and oxygen atoms in total. The van der Waals surface area contributed by atoms with E-state index in [1.165, 1.54) is 11.4 Å². The van der Waals surface area contributed by atoms with Crippen molar-refractivity contribution in [1.82, 2.24) is 4.31 Å². The van der Waals surface area contributed by atoms with Crippen LogP contribution in [0, 0.1) is 11.6 Å². The van der Waals surface area contributed by atoms with Gasteiger partial charge in [-0.05, 0) is 12.0 Å². The number of anilines is 1. The molecule has 0 atom stereocenters. The molecule has 8 heteroatoms. The summed E-state index contributed by atoms with van der Waals surface area (Å²) in [5, 5.41) is 0. The second kappa shape index (κ2) is 8.22. The van der Waals surface area contributed by atoms with Gasteiger partial charge >= 0.3 is 0 Å². The lowest BCUT2D eigenvalue weighted by Gasteiger charge is -2.35. The quantitative estimate of drug-likeness (QED) is 0.753. The molecule has 0 radical (unpaired) electrons. The zero-order valence-corrected chi connectivity index (χ0v) is 15.9. The van der Waals surface area contributed by atoms with E-state index < -0.39 is 21.7 Å². The Balaban J connectivity index is 1.62. The fraction of sp³-hybridized carbons (Fsp3) is 0.368. The van der Waals surface area contributed by atoms with Crippen LogP contribution in [0.3, 0.4) is 0 Å². The first-order chi connectivity index (χ1) is 12.9. The first kappa shape index (κ1) is 19.6. The number of hydrogen-bond donors (Lipinski definition) is 0. The van der Waals surface area contributed by atoms with E-state index in [2.05, 4.69) is 0 Å². The molecule has 0 aromatic heterocycles. The number of hydrogen-bond acceptors (Lipinski definition) is 4. The number of ether oxygens (including phenoxy) is 1. The van der Waals surface area contributed by atoms with Gasteiger partial charge in [0.05, 0.1) is 18.6 Å². The highest BCUT2D eigenvalue weighted by Gasteiger charge is 2.28. The maximum Gasteiger partial charge on any atom is 0.214 e. The van der Waals surface area contributed by atoms with Gasteiger partial charge in [0.1, 0.15) is 5.82 Å². The SMILES string of the molecule is COc1cc(F)c(N2CCN(S(=O)(=O)CCc3ccccc3)CC2)cc1F. The van der Waals surface area contributed by atoms with E-state index in [9.17, 15) is 17.2 Å². The van der Waals surface area contributed by atoms with Gasteiger partial charge in [0.15, 0.2) is 11.6 Å². The summed E-state index contributed by atoms with van der Waals surface area (Å²) in [6.45, 7) is 1.08. The molecule has 0 N–H and O–H groups in total. The van der Waals surface area contributed by atoms with Crippen LogP contribution >= 0.6 is 0 Å². The predicted octanol–water partition coefficient (Wildman–Crippen LogP) is 2.67. The zero-order valence-electron chi connectivity index (χ0n) is 15.1. The van der Waals surface area contributed by atoms with Gasteiger partial charge in [0.25, 0.3) is 0 Å². The van der Waals surface area contributed by atoms with Crippen LogP contribution in [0.5, 0.6) is 5.75 Å². The molecule has 27 heavy (non-hydrogen) atoms. The van der Waals surface area contributed by atoms with Crippen molar-refractivity contribution in [3.8, 4) is 5.75 Å². The van der Waals surface area contributed by atoms with Crippen molar-refractivity contribution < 1.29 is 21.9 Å². The average molecular weight is 396 g/mol. The molecule has 0 unspecified atom stereocenters. The fourth-order valence-corrected chi connectivity index (χ4v) is 4.62. The number of piperazine rings is 1. The number of sulfonamides is 1. The minimum Gasteiger partial charge on any atom is -0.494 e. The highest BCUT2D eigenvalue weighted by Crippen LogP contribution is 2.28. The van der Waals surface area contributed by atoms with Gasteiger partial charge in [-0.25, -0.2) is 17.2 Å². The van der Waals surface area contributed by atoms with Gasteiger partial charge in [-0.2, -0.15) is 4.31 Å². The van der Waals surface area contributed by atoms with Crippen LogP contribution in [0.25, 0.3) is 0 Å². The Bertz CT molecular complexity index is 883. The van der Waals surface area contributed by atoms with Gasteiger partial charge in [0, 0.05) is 38.3 Å². The molecule has 1 saturated heterocycles. The third-order valence-electron chi connectivity index (χ3n) is 4.69. The Morgan fingerprint density at radius 3 is 2.30 bits per heavy atom. The van der Waals surface area contributed by atoms with Gasteiger partial charge in [0.2, 0.25) is 10.0 Å². The molecule has 1 aliphatic rings. The molecule has 0 amide bonds. The van der Waals surface area contributed by atoms with Crippen LogP contribution in [0.2, 0.25) is 0 Å². The maximum atomic E-state index is 14.2. The third-order valence-corrected chi connectivity index (χ3v) is 6.56. The Kier molecular flexibility index (Phi) is 5.96. The average Bonchev–Trinajstić information content (AvgIpc) is 2.69. The van der Waals surface area contributed by atoms with E-state index in [-0.39, 0.29) is 30.3 Å². The Labute approximate surface area is 158 Å². The van der Waals surface area contributed by atoms with Gasteiger partial charge in [-0.1, -0.05) is 30.3 Å². The minimum absolute atomic E-state index is 0.0303. The summed E-state index contributed by atoms with van der Waals surface area (Å²) >= 11 is 0. The molecule has 146 valence electrons. The molecule has 3 rings (SSSR count). The predicted molar refractivity (Wildman–Crippen MR) is 101 cm³/mol. The number of benzene rings is 2. The standard InChI is InChI=1S/C19H22F2N2O3S/c1-26-19-14-16(20)18(13-17(19)21)22-8-10-23(11-9-22)27(24,25)12-7-15-5-3-2-4-6-15/h2-6,13-14H,7-12H2,1H3. The smallest absolute Gasteiger partial charge is 0.214 e. The first-order valence-corrected chi connectivity index (χ1v) is 10.3. The van der Waals surface area contributed by atoms with Crippen molar-refractivity contribution in [3.05, 3.63) is 59.7 Å². The van der Waals surface area contributed by atoms with Crippen molar-refractivity contribution in [1.29, 1.82) is 0 Å². The van der Waals surface area contributed by atoms with Crippen LogP contribution in [0.1, 0.15) is 5.56 Å². The van der Waals surface area contributed by atoms with Crippen LogP contribution in [0.4, 0.5) is 14.5 Å². The summed E-state index contributed by atoms with van der Waals surface area (Å²) in [5.41, 5.74) is 1.09. The second-order valence-corrected chi connectivity index (χ2v) is 8.46. The van der Waals surface area contributed by atoms with E-state index in [1.54, 1.807) is 4.90 Å². The van der Waals surface area contributed by atoms with E-state index in [0.29, 0.717) is 19.5 Å². The molecular formula is C19H22F2N2O3S. The third kappa shape index (κ3) is 4.56. The number of methoxy groups -OCH3 is 1. The van der Waals surface area contributed by atoms with E-state index in [1.807, 2.05) is 30.3 Å². The normalized spacial score (nSPS) is 15.7. The Hall–Kier alpha value is -2.19. The number of aryl methyl sites for hydroxylation is 1. The summed E-state index contributed by atoms with van der Waals surface area (Å²) in [6.07, 6.45) is 0.446. The van der Waals surface area contributed by atoms with E-state index in [4.69, 9.17) is 4.74 Å². The lowest BCUT2D eigenvalue weighted by molar-refractivity contribution is 0.376. The molecule has 1 heterocycles. The molecule has 2 aromatic carbocycles. The second-order valence-electron chi connectivity index (χ2n) is 6.38. The summed E-state index contributed by atoms with van der Waals surface area (Å²) in [5.74, 6) is -1.36. The van der Waals surface area contributed by atoms with Gasteiger partial charge < -0.3 is 9.64 Å². The summed E-state index contributed by atoms with van der Waals surface area (Å²) in [7, 11) is -2.12. The van der Waals surface area contributed by atoms with E-state index >= 15 is 0 Å². The van der Waals surface area contributed by atoms with E-state index in [0.717, 1.165) is 17.7 Å². The first-order valence-electron chi connectivity index (χ1n) is 8.70. The van der Waals surface area contributed by atoms with Crippen molar-refractivity contribution >= 4 is 15.7 Å². The maximum absolute atomic E-state index is 14.2. The zero-order chi connectivity index (χ0) is 19.4. The van der Waals surface area contributed by atoms with Crippen molar-refractivity contribution in [2.24, 2.45) is 0 Å². The Morgan fingerprint density at radius 1 is 1.00 bits per heavy atom. The largest absolute Gasteiger partial charge is 0.494 e. The molecule has 2 aromatic rings. The number of halogens is 2. The van der Waals surface area contributed by atoms with Crippen LogP contribution in [-0.2, 0) is 16.4 Å². The summed E-state index contributed by atoms with van der Waals surface area (Å²) in [4.78, 5) is 1.65. The monoisotopic (exact) mass is 396 g/mol. The van der Waals surface area contributed by atoms with Crippen LogP contribution in [0.15, 0.2) is 42.5 Å².